The molecule has 31 heavy (non-hydrogen) atoms. The van der Waals surface area contributed by atoms with Gasteiger partial charge in [-0.2, -0.15) is 0 Å². The molecule has 1 fully saturated rings. The van der Waals surface area contributed by atoms with Crippen molar-refractivity contribution in [1.29, 1.82) is 0 Å². The zero-order valence-electron chi connectivity index (χ0n) is 17.6. The Balaban J connectivity index is 0.00000231. The van der Waals surface area contributed by atoms with Crippen molar-refractivity contribution in [1.82, 2.24) is 9.47 Å². The van der Waals surface area contributed by atoms with Gasteiger partial charge in [-0.3, -0.25) is 4.90 Å². The Kier molecular flexibility index (Phi) is 6.77. The predicted molar refractivity (Wildman–Crippen MR) is 130 cm³/mol. The van der Waals surface area contributed by atoms with Crippen LogP contribution in [0, 0.1) is 0 Å². The minimum Gasteiger partial charge on any atom is -0.378 e. The topological polar surface area (TPSA) is 28.4 Å². The van der Waals surface area contributed by atoms with E-state index in [4.69, 9.17) is 0 Å². The number of hydrogen-bond donors (Lipinski definition) is 1. The summed E-state index contributed by atoms with van der Waals surface area (Å²) in [5.74, 6) is 0.138. The van der Waals surface area contributed by atoms with E-state index in [2.05, 4.69) is 94.5 Å². The van der Waals surface area contributed by atoms with Gasteiger partial charge in [0.2, 0.25) is 0 Å². The number of benzene rings is 3. The van der Waals surface area contributed by atoms with Crippen LogP contribution in [0.1, 0.15) is 35.4 Å². The Morgan fingerprint density at radius 3 is 2.16 bits per heavy atom. The van der Waals surface area contributed by atoms with E-state index in [1.165, 1.54) is 27.6 Å². The van der Waals surface area contributed by atoms with Crippen molar-refractivity contribution in [2.24, 2.45) is 0 Å². The van der Waals surface area contributed by atoms with Crippen molar-refractivity contribution in [3.8, 4) is 0 Å². The largest absolute Gasteiger partial charge is 0.378 e. The van der Waals surface area contributed by atoms with Crippen LogP contribution in [0.5, 0.6) is 0 Å². The number of aliphatic hydroxyl groups is 1. The lowest BCUT2D eigenvalue weighted by Gasteiger charge is -2.38. The SMILES string of the molecule is Cl.OC1C(c2cccc3c2ccn3Cc2ccccc2)CCCN1Cc1ccccc1. The first-order chi connectivity index (χ1) is 14.8. The van der Waals surface area contributed by atoms with Crippen LogP contribution in [0.3, 0.4) is 0 Å². The van der Waals surface area contributed by atoms with Crippen molar-refractivity contribution in [3.63, 3.8) is 0 Å². The Hall–Kier alpha value is -2.59. The molecule has 0 bridgehead atoms. The minimum absolute atomic E-state index is 0. The maximum Gasteiger partial charge on any atom is 0.114 e. The quantitative estimate of drug-likeness (QED) is 0.431. The van der Waals surface area contributed by atoms with Gasteiger partial charge in [0.1, 0.15) is 6.23 Å². The molecule has 0 aliphatic carbocycles. The highest BCUT2D eigenvalue weighted by Gasteiger charge is 2.32. The van der Waals surface area contributed by atoms with Gasteiger partial charge in [-0.1, -0.05) is 72.8 Å². The molecule has 3 nitrogen and oxygen atoms in total. The molecule has 1 N–H and O–H groups in total. The number of likely N-dealkylation sites (tertiary alicyclic amines) is 1. The molecular weight excluding hydrogens is 404 g/mol. The molecule has 1 aliphatic heterocycles. The van der Waals surface area contributed by atoms with E-state index in [-0.39, 0.29) is 18.3 Å². The number of hydrogen-bond acceptors (Lipinski definition) is 2. The van der Waals surface area contributed by atoms with Crippen molar-refractivity contribution in [2.75, 3.05) is 6.54 Å². The van der Waals surface area contributed by atoms with Crippen molar-refractivity contribution in [3.05, 3.63) is 108 Å². The summed E-state index contributed by atoms with van der Waals surface area (Å²) in [5.41, 5.74) is 5.06. The summed E-state index contributed by atoms with van der Waals surface area (Å²) in [4.78, 5) is 2.23. The molecule has 1 aliphatic rings. The summed E-state index contributed by atoms with van der Waals surface area (Å²) in [5, 5.41) is 12.5. The Morgan fingerprint density at radius 1 is 0.774 bits per heavy atom. The highest BCUT2D eigenvalue weighted by atomic mass is 35.5. The summed E-state index contributed by atoms with van der Waals surface area (Å²) in [6, 6.07) is 29.8. The molecule has 5 rings (SSSR count). The second-order valence-corrected chi connectivity index (χ2v) is 8.33. The van der Waals surface area contributed by atoms with Crippen LogP contribution in [-0.2, 0) is 13.1 Å². The summed E-state index contributed by atoms with van der Waals surface area (Å²) in [7, 11) is 0. The normalized spacial score (nSPS) is 19.3. The average Bonchev–Trinajstić information content (AvgIpc) is 3.20. The smallest absolute Gasteiger partial charge is 0.114 e. The first-order valence-electron chi connectivity index (χ1n) is 10.9. The number of nitrogens with zero attached hydrogens (tertiary/aromatic N) is 2. The van der Waals surface area contributed by atoms with Gasteiger partial charge in [0, 0.05) is 42.7 Å². The van der Waals surface area contributed by atoms with E-state index in [1.807, 2.05) is 6.07 Å². The van der Waals surface area contributed by atoms with E-state index in [0.717, 1.165) is 32.5 Å². The molecular formula is C27H29ClN2O. The number of halogens is 1. The van der Waals surface area contributed by atoms with Crippen molar-refractivity contribution in [2.45, 2.75) is 38.1 Å². The summed E-state index contributed by atoms with van der Waals surface area (Å²) in [6.07, 6.45) is 3.85. The van der Waals surface area contributed by atoms with Crippen LogP contribution in [0.15, 0.2) is 91.1 Å². The van der Waals surface area contributed by atoms with Gasteiger partial charge in [0.15, 0.2) is 0 Å². The van der Waals surface area contributed by atoms with Crippen LogP contribution < -0.4 is 0 Å². The highest BCUT2D eigenvalue weighted by molar-refractivity contribution is 5.85. The molecule has 2 atom stereocenters. The van der Waals surface area contributed by atoms with Gasteiger partial charge in [0.05, 0.1) is 0 Å². The van der Waals surface area contributed by atoms with Gasteiger partial charge in [0.25, 0.3) is 0 Å². The lowest BCUT2D eigenvalue weighted by molar-refractivity contribution is -0.0453. The van der Waals surface area contributed by atoms with Gasteiger partial charge >= 0.3 is 0 Å². The molecule has 2 heterocycles. The maximum absolute atomic E-state index is 11.3. The number of aliphatic hydroxyl groups excluding tert-OH is 1. The Bertz CT molecular complexity index is 1110. The van der Waals surface area contributed by atoms with E-state index < -0.39 is 6.23 Å². The first-order valence-corrected chi connectivity index (χ1v) is 10.9. The fourth-order valence-corrected chi connectivity index (χ4v) is 4.85. The van der Waals surface area contributed by atoms with Crippen molar-refractivity contribution < 1.29 is 5.11 Å². The summed E-state index contributed by atoms with van der Waals surface area (Å²) >= 11 is 0. The molecule has 0 saturated carbocycles. The van der Waals surface area contributed by atoms with Crippen LogP contribution >= 0.6 is 12.4 Å². The van der Waals surface area contributed by atoms with Gasteiger partial charge in [-0.25, -0.2) is 0 Å². The average molecular weight is 433 g/mol. The zero-order valence-corrected chi connectivity index (χ0v) is 18.4. The Labute approximate surface area is 190 Å². The number of piperidine rings is 1. The molecule has 4 heteroatoms. The van der Waals surface area contributed by atoms with E-state index in [9.17, 15) is 5.11 Å². The number of fused-ring (bicyclic) bond motifs is 1. The monoisotopic (exact) mass is 432 g/mol. The van der Waals surface area contributed by atoms with Gasteiger partial charge in [-0.05, 0) is 41.7 Å². The minimum atomic E-state index is -0.456. The molecule has 0 radical (unpaired) electrons. The third-order valence-electron chi connectivity index (χ3n) is 6.37. The van der Waals surface area contributed by atoms with E-state index >= 15 is 0 Å². The lowest BCUT2D eigenvalue weighted by atomic mass is 9.86. The van der Waals surface area contributed by atoms with Crippen LogP contribution in [0.25, 0.3) is 10.9 Å². The van der Waals surface area contributed by atoms with Crippen LogP contribution in [0.4, 0.5) is 0 Å². The fourth-order valence-electron chi connectivity index (χ4n) is 4.85. The van der Waals surface area contributed by atoms with Crippen molar-refractivity contribution >= 4 is 23.3 Å². The lowest BCUT2D eigenvalue weighted by Crippen LogP contribution is -2.43. The number of aromatic nitrogens is 1. The standard InChI is InChI=1S/C27H28N2O.ClH/c30-27-25(14-8-17-29(27)20-22-11-5-2-6-12-22)23-13-7-15-26-24(23)16-18-28(26)19-21-9-3-1-4-10-21;/h1-7,9-13,15-16,18,25,27,30H,8,14,17,19-20H2;1H. The fraction of sp³-hybridized carbons (Fsp3) is 0.259. The molecule has 2 unspecified atom stereocenters. The van der Waals surface area contributed by atoms with E-state index in [1.54, 1.807) is 0 Å². The van der Waals surface area contributed by atoms with Crippen LogP contribution in [0.2, 0.25) is 0 Å². The first kappa shape index (κ1) is 21.6. The van der Waals surface area contributed by atoms with Crippen LogP contribution in [-0.4, -0.2) is 27.3 Å². The highest BCUT2D eigenvalue weighted by Crippen LogP contribution is 2.36. The molecule has 1 aromatic heterocycles. The second kappa shape index (κ2) is 9.69. The second-order valence-electron chi connectivity index (χ2n) is 8.33. The molecule has 4 aromatic rings. The molecule has 0 spiro atoms. The maximum atomic E-state index is 11.3. The molecule has 0 amide bonds. The predicted octanol–water partition coefficient (Wildman–Crippen LogP) is 5.81. The molecule has 160 valence electrons. The van der Waals surface area contributed by atoms with E-state index in [0.29, 0.717) is 0 Å². The zero-order chi connectivity index (χ0) is 20.3. The third-order valence-corrected chi connectivity index (χ3v) is 6.37. The Morgan fingerprint density at radius 2 is 1.45 bits per heavy atom. The van der Waals surface area contributed by atoms with Gasteiger partial charge < -0.3 is 9.67 Å². The molecule has 1 saturated heterocycles. The summed E-state index contributed by atoms with van der Waals surface area (Å²) in [6.45, 7) is 2.60. The summed E-state index contributed by atoms with van der Waals surface area (Å²) < 4.78 is 2.31. The molecule has 3 aromatic carbocycles. The third kappa shape index (κ3) is 4.54. The number of rotatable bonds is 5. The van der Waals surface area contributed by atoms with Gasteiger partial charge in [-0.15, -0.1) is 12.4 Å².